The first kappa shape index (κ1) is 25.8. The molecule has 0 bridgehead atoms. The third kappa shape index (κ3) is 7.90. The standard InChI is InChI=1S/C20H24ClN3O7S/c1-11(25)28-10-16-18(29-12(2)26)17(23-24-22)19(30-13(3)27)20(31-16)32-8-7-14-5-4-6-15(21)9-14/h4-6,9,16-20H,7-8,10H2,1-3H3/t16?,17-,18-,19?,20+/m0/s1. The maximum atomic E-state index is 11.8. The predicted molar refractivity (Wildman–Crippen MR) is 117 cm³/mol. The number of carbonyl (C=O) groups excluding carboxylic acids is 3. The maximum absolute atomic E-state index is 11.8. The highest BCUT2D eigenvalue weighted by atomic mass is 35.5. The summed E-state index contributed by atoms with van der Waals surface area (Å²) < 4.78 is 21.8. The SMILES string of the molecule is CC(=O)OCC1O[C@H](SCCc2cccc(Cl)c2)C(OC(C)=O)[C@@H](N=[N+]=[N-])[C@H]1OC(C)=O. The van der Waals surface area contributed by atoms with Gasteiger partial charge in [0.2, 0.25) is 0 Å². The molecular weight excluding hydrogens is 462 g/mol. The van der Waals surface area contributed by atoms with Crippen LogP contribution in [0.15, 0.2) is 29.4 Å². The quantitative estimate of drug-likeness (QED) is 0.170. The lowest BCUT2D eigenvalue weighted by Gasteiger charge is -2.43. The molecule has 10 nitrogen and oxygen atoms in total. The number of thioether (sulfide) groups is 1. The molecule has 0 spiro atoms. The molecule has 1 aliphatic heterocycles. The molecule has 32 heavy (non-hydrogen) atoms. The fraction of sp³-hybridized carbons (Fsp3) is 0.550. The molecule has 2 unspecified atom stereocenters. The van der Waals surface area contributed by atoms with Crippen LogP contribution in [-0.2, 0) is 39.8 Å². The summed E-state index contributed by atoms with van der Waals surface area (Å²) in [5, 5.41) is 4.35. The van der Waals surface area contributed by atoms with Crippen molar-refractivity contribution in [2.24, 2.45) is 5.11 Å². The first-order valence-electron chi connectivity index (χ1n) is 9.74. The second-order valence-corrected chi connectivity index (χ2v) is 8.58. The van der Waals surface area contributed by atoms with Gasteiger partial charge in [0.1, 0.15) is 36.4 Å². The number of hydrogen-bond acceptors (Lipinski definition) is 9. The van der Waals surface area contributed by atoms with Crippen LogP contribution in [0.5, 0.6) is 0 Å². The Morgan fingerprint density at radius 2 is 1.84 bits per heavy atom. The molecule has 5 atom stereocenters. The zero-order valence-corrected chi connectivity index (χ0v) is 19.4. The topological polar surface area (TPSA) is 137 Å². The van der Waals surface area contributed by atoms with E-state index < -0.39 is 47.7 Å². The van der Waals surface area contributed by atoms with E-state index in [1.165, 1.54) is 32.5 Å². The van der Waals surface area contributed by atoms with Gasteiger partial charge in [-0.2, -0.15) is 0 Å². The Morgan fingerprint density at radius 3 is 2.44 bits per heavy atom. The highest BCUT2D eigenvalue weighted by molar-refractivity contribution is 7.99. The van der Waals surface area contributed by atoms with Gasteiger partial charge in [0.15, 0.2) is 0 Å². The highest BCUT2D eigenvalue weighted by Crippen LogP contribution is 2.34. The summed E-state index contributed by atoms with van der Waals surface area (Å²) >= 11 is 7.36. The van der Waals surface area contributed by atoms with Crippen molar-refractivity contribution < 1.29 is 33.3 Å². The Hall–Kier alpha value is -2.46. The number of aryl methyl sites for hydroxylation is 1. The summed E-state index contributed by atoms with van der Waals surface area (Å²) in [5.41, 5.74) is 9.34. The molecule has 1 aromatic rings. The summed E-state index contributed by atoms with van der Waals surface area (Å²) in [6.45, 7) is 3.39. The summed E-state index contributed by atoms with van der Waals surface area (Å²) in [7, 11) is 0. The van der Waals surface area contributed by atoms with Crippen molar-refractivity contribution in [3.63, 3.8) is 0 Å². The summed E-state index contributed by atoms with van der Waals surface area (Å²) in [6.07, 6.45) is -2.41. The van der Waals surface area contributed by atoms with E-state index in [-0.39, 0.29) is 6.61 Å². The van der Waals surface area contributed by atoms with Crippen molar-refractivity contribution in [1.29, 1.82) is 0 Å². The molecule has 0 amide bonds. The van der Waals surface area contributed by atoms with Gasteiger partial charge >= 0.3 is 17.9 Å². The van der Waals surface area contributed by atoms with Crippen LogP contribution in [0.25, 0.3) is 10.4 Å². The van der Waals surface area contributed by atoms with Gasteiger partial charge in [-0.15, -0.1) is 11.8 Å². The molecule has 1 saturated heterocycles. The number of hydrogen-bond donors (Lipinski definition) is 0. The Balaban J connectivity index is 2.26. The van der Waals surface area contributed by atoms with Gasteiger partial charge in [0.05, 0.1) is 0 Å². The lowest BCUT2D eigenvalue weighted by Crippen LogP contribution is -2.59. The number of carbonyl (C=O) groups is 3. The van der Waals surface area contributed by atoms with E-state index in [1.54, 1.807) is 6.07 Å². The van der Waals surface area contributed by atoms with Gasteiger partial charge in [-0.1, -0.05) is 28.8 Å². The second kappa shape index (κ2) is 12.5. The molecule has 1 aliphatic rings. The number of azide groups is 1. The number of nitrogens with zero attached hydrogens (tertiary/aromatic N) is 3. The fourth-order valence-corrected chi connectivity index (χ4v) is 4.62. The highest BCUT2D eigenvalue weighted by Gasteiger charge is 2.49. The van der Waals surface area contributed by atoms with Gasteiger partial charge in [0.25, 0.3) is 0 Å². The van der Waals surface area contributed by atoms with Crippen molar-refractivity contribution in [2.45, 2.75) is 57.0 Å². The van der Waals surface area contributed by atoms with E-state index in [1.807, 2.05) is 18.2 Å². The third-order valence-corrected chi connectivity index (χ3v) is 5.80. The van der Waals surface area contributed by atoms with Gasteiger partial charge in [-0.25, -0.2) is 0 Å². The monoisotopic (exact) mass is 485 g/mol. The molecular formula is C20H24ClN3O7S. The van der Waals surface area contributed by atoms with Gasteiger partial charge in [-0.3, -0.25) is 14.4 Å². The Labute approximate surface area is 194 Å². The van der Waals surface area contributed by atoms with Crippen LogP contribution in [0.1, 0.15) is 26.3 Å². The molecule has 0 N–H and O–H groups in total. The second-order valence-electron chi connectivity index (χ2n) is 6.94. The van der Waals surface area contributed by atoms with Crippen LogP contribution >= 0.6 is 23.4 Å². The van der Waals surface area contributed by atoms with Crippen molar-refractivity contribution >= 4 is 41.3 Å². The minimum Gasteiger partial charge on any atom is -0.463 e. The lowest BCUT2D eigenvalue weighted by molar-refractivity contribution is -0.201. The lowest BCUT2D eigenvalue weighted by atomic mass is 9.97. The van der Waals surface area contributed by atoms with Crippen molar-refractivity contribution in [3.05, 3.63) is 45.3 Å². The van der Waals surface area contributed by atoms with Crippen LogP contribution in [0.2, 0.25) is 5.02 Å². The Bertz CT molecular complexity index is 881. The van der Waals surface area contributed by atoms with Crippen LogP contribution in [0.3, 0.4) is 0 Å². The zero-order valence-electron chi connectivity index (χ0n) is 17.8. The van der Waals surface area contributed by atoms with E-state index >= 15 is 0 Å². The van der Waals surface area contributed by atoms with E-state index in [9.17, 15) is 14.4 Å². The normalized spacial score (nSPS) is 24.7. The average molecular weight is 486 g/mol. The fourth-order valence-electron chi connectivity index (χ4n) is 3.19. The third-order valence-electron chi connectivity index (χ3n) is 4.42. The van der Waals surface area contributed by atoms with E-state index in [2.05, 4.69) is 10.0 Å². The van der Waals surface area contributed by atoms with E-state index in [0.29, 0.717) is 17.2 Å². The van der Waals surface area contributed by atoms with Gasteiger partial charge in [-0.05, 0) is 35.4 Å². The molecule has 1 fully saturated rings. The van der Waals surface area contributed by atoms with Crippen molar-refractivity contribution in [3.8, 4) is 0 Å². The molecule has 0 aromatic heterocycles. The Morgan fingerprint density at radius 1 is 1.16 bits per heavy atom. The van der Waals surface area contributed by atoms with Crippen LogP contribution in [0.4, 0.5) is 0 Å². The molecule has 174 valence electrons. The van der Waals surface area contributed by atoms with E-state index in [0.717, 1.165) is 5.56 Å². The first-order chi connectivity index (χ1) is 15.2. The smallest absolute Gasteiger partial charge is 0.303 e. The van der Waals surface area contributed by atoms with Crippen LogP contribution in [-0.4, -0.2) is 60.1 Å². The first-order valence-corrected chi connectivity index (χ1v) is 11.2. The van der Waals surface area contributed by atoms with Gasteiger partial charge in [0, 0.05) is 30.7 Å². The molecule has 12 heteroatoms. The van der Waals surface area contributed by atoms with Crippen molar-refractivity contribution in [2.75, 3.05) is 12.4 Å². The van der Waals surface area contributed by atoms with Gasteiger partial charge < -0.3 is 18.9 Å². The molecule has 0 aliphatic carbocycles. The van der Waals surface area contributed by atoms with E-state index in [4.69, 9.17) is 36.1 Å². The Kier molecular flexibility index (Phi) is 10.1. The number of halogens is 1. The zero-order chi connectivity index (χ0) is 23.7. The number of esters is 3. The molecule has 0 saturated carbocycles. The number of benzene rings is 1. The van der Waals surface area contributed by atoms with Crippen LogP contribution in [0, 0.1) is 0 Å². The summed E-state index contributed by atoms with van der Waals surface area (Å²) in [6, 6.07) is 6.32. The average Bonchev–Trinajstić information content (AvgIpc) is 2.70. The minimum absolute atomic E-state index is 0.233. The molecule has 1 heterocycles. The van der Waals surface area contributed by atoms with Crippen molar-refractivity contribution in [1.82, 2.24) is 0 Å². The number of ether oxygens (including phenoxy) is 4. The summed E-state index contributed by atoms with van der Waals surface area (Å²) in [5.74, 6) is -1.26. The van der Waals surface area contributed by atoms with Crippen LogP contribution < -0.4 is 0 Å². The largest absolute Gasteiger partial charge is 0.463 e. The molecule has 2 rings (SSSR count). The maximum Gasteiger partial charge on any atom is 0.303 e. The summed E-state index contributed by atoms with van der Waals surface area (Å²) in [4.78, 5) is 37.6. The molecule has 1 aromatic carbocycles. The predicted octanol–water partition coefficient (Wildman–Crippen LogP) is 3.45. The minimum atomic E-state index is -1.11. The molecule has 0 radical (unpaired) electrons. The number of rotatable bonds is 9.